The van der Waals surface area contributed by atoms with Crippen LogP contribution in [0.4, 0.5) is 13.2 Å². The second kappa shape index (κ2) is 9.01. The highest BCUT2D eigenvalue weighted by molar-refractivity contribution is 7.84. The van der Waals surface area contributed by atoms with Gasteiger partial charge in [0.2, 0.25) is 0 Å². The van der Waals surface area contributed by atoms with Gasteiger partial charge in [0.15, 0.2) is 0 Å². The Hall–Kier alpha value is -0.630. The molecule has 8 heteroatoms. The van der Waals surface area contributed by atoms with Crippen LogP contribution in [0.3, 0.4) is 0 Å². The maximum Gasteiger partial charge on any atom is 0.405 e. The summed E-state index contributed by atoms with van der Waals surface area (Å²) in [6.45, 7) is 10.1. The average Bonchev–Trinajstić information content (AvgIpc) is 2.37. The fourth-order valence-corrected chi connectivity index (χ4v) is 2.64. The molecule has 0 rings (SSSR count). The van der Waals surface area contributed by atoms with Gasteiger partial charge in [-0.05, 0) is 33.1 Å². The van der Waals surface area contributed by atoms with Crippen LogP contribution in [0.25, 0.3) is 0 Å². The van der Waals surface area contributed by atoms with Crippen molar-refractivity contribution in [2.75, 3.05) is 6.61 Å². The molecule has 4 nitrogen and oxygen atoms in total. The van der Waals surface area contributed by atoms with Gasteiger partial charge >= 0.3 is 12.1 Å². The van der Waals surface area contributed by atoms with E-state index in [0.29, 0.717) is 6.42 Å². The standard InChI is InChI=1S/C15H28F3NO3S/c1-7-8-11(13(20)22-9-10(2)3)12(15(16,17)18)19-23(21)14(4,5)6/h10-12,19H,7-9H2,1-6H3/t11-,12-,23-/m1/s1. The monoisotopic (exact) mass is 359 g/mol. The average molecular weight is 359 g/mol. The molecule has 3 atom stereocenters. The number of hydrogen-bond donors (Lipinski definition) is 1. The molecule has 23 heavy (non-hydrogen) atoms. The molecule has 0 aliphatic heterocycles. The summed E-state index contributed by atoms with van der Waals surface area (Å²) in [6, 6.07) is -2.19. The molecule has 0 aromatic heterocycles. The van der Waals surface area contributed by atoms with Gasteiger partial charge in [-0.3, -0.25) is 4.79 Å². The molecule has 0 fully saturated rings. The Morgan fingerprint density at radius 2 is 1.74 bits per heavy atom. The second-order valence-corrected chi connectivity index (χ2v) is 8.94. The number of carbonyl (C=O) groups is 1. The largest absolute Gasteiger partial charge is 0.465 e. The summed E-state index contributed by atoms with van der Waals surface area (Å²) in [5, 5.41) is 0. The third-order valence-electron chi connectivity index (χ3n) is 3.01. The Morgan fingerprint density at radius 3 is 2.09 bits per heavy atom. The van der Waals surface area contributed by atoms with Crippen molar-refractivity contribution in [2.24, 2.45) is 11.8 Å². The van der Waals surface area contributed by atoms with E-state index in [0.717, 1.165) is 0 Å². The van der Waals surface area contributed by atoms with Crippen LogP contribution in [0.5, 0.6) is 0 Å². The highest BCUT2D eigenvalue weighted by atomic mass is 32.2. The van der Waals surface area contributed by atoms with Crippen molar-refractivity contribution in [1.82, 2.24) is 4.72 Å². The molecule has 0 aliphatic rings. The van der Waals surface area contributed by atoms with E-state index in [4.69, 9.17) is 4.74 Å². The van der Waals surface area contributed by atoms with Crippen molar-refractivity contribution >= 4 is 17.0 Å². The SMILES string of the molecule is CCC[C@@H](C(=O)OCC(C)C)[C@@H](N[S@](=O)C(C)(C)C)C(F)(F)F. The lowest BCUT2D eigenvalue weighted by Crippen LogP contribution is -2.53. The van der Waals surface area contributed by atoms with Crippen LogP contribution < -0.4 is 4.72 Å². The third kappa shape index (κ3) is 8.15. The predicted molar refractivity (Wildman–Crippen MR) is 85.1 cm³/mol. The minimum atomic E-state index is -4.70. The summed E-state index contributed by atoms with van der Waals surface area (Å²) in [7, 11) is -1.95. The maximum atomic E-state index is 13.4. The Kier molecular flexibility index (Phi) is 8.76. The zero-order chi connectivity index (χ0) is 18.4. The predicted octanol–water partition coefficient (Wildman–Crippen LogP) is 3.58. The molecule has 0 saturated carbocycles. The Bertz CT molecular complexity index is 406. The summed E-state index contributed by atoms with van der Waals surface area (Å²) in [5.74, 6) is -2.28. The molecule has 138 valence electrons. The van der Waals surface area contributed by atoms with E-state index >= 15 is 0 Å². The van der Waals surface area contributed by atoms with E-state index in [9.17, 15) is 22.2 Å². The first kappa shape index (κ1) is 22.4. The molecular formula is C15H28F3NO3S. The van der Waals surface area contributed by atoms with E-state index < -0.39 is 39.8 Å². The Balaban J connectivity index is 5.35. The lowest BCUT2D eigenvalue weighted by atomic mass is 9.95. The van der Waals surface area contributed by atoms with Crippen molar-refractivity contribution in [1.29, 1.82) is 0 Å². The highest BCUT2D eigenvalue weighted by Gasteiger charge is 2.49. The zero-order valence-electron chi connectivity index (χ0n) is 14.6. The van der Waals surface area contributed by atoms with Gasteiger partial charge in [-0.1, -0.05) is 27.2 Å². The van der Waals surface area contributed by atoms with E-state index in [1.54, 1.807) is 41.5 Å². The number of hydrogen-bond acceptors (Lipinski definition) is 3. The Labute approximate surface area is 139 Å². The van der Waals surface area contributed by atoms with E-state index in [1.807, 2.05) is 0 Å². The van der Waals surface area contributed by atoms with Gasteiger partial charge < -0.3 is 4.74 Å². The van der Waals surface area contributed by atoms with Crippen molar-refractivity contribution in [2.45, 2.75) is 71.3 Å². The minimum absolute atomic E-state index is 0.00937. The van der Waals surface area contributed by atoms with Crippen LogP contribution >= 0.6 is 0 Å². The summed E-state index contributed by atoms with van der Waals surface area (Å²) in [6.07, 6.45) is -4.30. The van der Waals surface area contributed by atoms with Crippen molar-refractivity contribution in [3.05, 3.63) is 0 Å². The van der Waals surface area contributed by atoms with E-state index in [2.05, 4.69) is 4.72 Å². The van der Waals surface area contributed by atoms with Crippen molar-refractivity contribution in [3.8, 4) is 0 Å². The van der Waals surface area contributed by atoms with Crippen LogP contribution in [0.1, 0.15) is 54.4 Å². The first-order chi connectivity index (χ1) is 10.3. The van der Waals surface area contributed by atoms with Gasteiger partial charge in [0, 0.05) is 0 Å². The van der Waals surface area contributed by atoms with Crippen LogP contribution in [0.2, 0.25) is 0 Å². The molecule has 0 saturated heterocycles. The highest BCUT2D eigenvalue weighted by Crippen LogP contribution is 2.30. The molecule has 0 heterocycles. The first-order valence-electron chi connectivity index (χ1n) is 7.72. The van der Waals surface area contributed by atoms with Crippen molar-refractivity contribution in [3.63, 3.8) is 0 Å². The molecule has 0 spiro atoms. The third-order valence-corrected chi connectivity index (χ3v) is 4.59. The van der Waals surface area contributed by atoms with Crippen LogP contribution in [0.15, 0.2) is 0 Å². The van der Waals surface area contributed by atoms with E-state index in [-0.39, 0.29) is 18.9 Å². The van der Waals surface area contributed by atoms with Gasteiger partial charge in [0.05, 0.1) is 28.3 Å². The van der Waals surface area contributed by atoms with Gasteiger partial charge in [0.1, 0.15) is 6.04 Å². The molecule has 0 aliphatic carbocycles. The number of nitrogens with one attached hydrogen (secondary N) is 1. The zero-order valence-corrected chi connectivity index (χ0v) is 15.4. The van der Waals surface area contributed by atoms with Crippen molar-refractivity contribution < 1.29 is 26.9 Å². The molecule has 1 N–H and O–H groups in total. The lowest BCUT2D eigenvalue weighted by Gasteiger charge is -2.30. The summed E-state index contributed by atoms with van der Waals surface area (Å²) < 4.78 is 58.5. The molecule has 0 amide bonds. The number of esters is 1. The first-order valence-corrected chi connectivity index (χ1v) is 8.87. The number of rotatable bonds is 8. The smallest absolute Gasteiger partial charge is 0.405 e. The molecule has 0 aromatic rings. The summed E-state index contributed by atoms with van der Waals surface area (Å²) in [4.78, 5) is 12.1. The fourth-order valence-electron chi connectivity index (χ4n) is 1.76. The van der Waals surface area contributed by atoms with Gasteiger partial charge in [-0.2, -0.15) is 13.2 Å². The molecule has 0 unspecified atom stereocenters. The quantitative estimate of drug-likeness (QED) is 0.674. The van der Waals surface area contributed by atoms with Crippen LogP contribution in [0, 0.1) is 11.8 Å². The number of alkyl halides is 3. The van der Waals surface area contributed by atoms with Gasteiger partial charge in [0.25, 0.3) is 0 Å². The summed E-state index contributed by atoms with van der Waals surface area (Å²) >= 11 is 0. The normalized spacial score (nSPS) is 17.0. The number of ether oxygens (including phenoxy) is 1. The number of carbonyl (C=O) groups excluding carboxylic acids is 1. The maximum absolute atomic E-state index is 13.4. The molecular weight excluding hydrogens is 331 g/mol. The molecule has 0 radical (unpaired) electrons. The van der Waals surface area contributed by atoms with Gasteiger partial charge in [-0.25, -0.2) is 8.93 Å². The van der Waals surface area contributed by atoms with Crippen LogP contribution in [-0.4, -0.2) is 33.8 Å². The number of halogens is 3. The minimum Gasteiger partial charge on any atom is -0.465 e. The molecule has 0 bridgehead atoms. The van der Waals surface area contributed by atoms with E-state index in [1.165, 1.54) is 0 Å². The second-order valence-electron chi connectivity index (χ2n) is 6.94. The lowest BCUT2D eigenvalue weighted by molar-refractivity contribution is -0.180. The fraction of sp³-hybridized carbons (Fsp3) is 0.933. The molecule has 0 aromatic carbocycles. The topological polar surface area (TPSA) is 55.4 Å². The Morgan fingerprint density at radius 1 is 1.22 bits per heavy atom. The van der Waals surface area contributed by atoms with Gasteiger partial charge in [-0.15, -0.1) is 0 Å². The summed E-state index contributed by atoms with van der Waals surface area (Å²) in [5.41, 5.74) is 0. The van der Waals surface area contributed by atoms with Crippen LogP contribution in [-0.2, 0) is 20.5 Å².